The summed E-state index contributed by atoms with van der Waals surface area (Å²) < 4.78 is 42.5. The van der Waals surface area contributed by atoms with Crippen molar-refractivity contribution in [1.82, 2.24) is 9.97 Å². The van der Waals surface area contributed by atoms with Gasteiger partial charge in [-0.2, -0.15) is 18.2 Å². The van der Waals surface area contributed by atoms with E-state index in [0.717, 1.165) is 6.92 Å². The van der Waals surface area contributed by atoms with E-state index >= 15 is 0 Å². The minimum Gasteiger partial charge on any atom is -0.465 e. The first-order valence-electron chi connectivity index (χ1n) is 5.96. The molecule has 0 radical (unpaired) electrons. The van der Waals surface area contributed by atoms with Crippen molar-refractivity contribution < 1.29 is 17.9 Å². The van der Waals surface area contributed by atoms with Gasteiger partial charge in [0.05, 0.1) is 5.56 Å². The molecule has 0 aromatic carbocycles. The smallest absolute Gasteiger partial charge is 0.425 e. The molecule has 1 atom stereocenters. The second-order valence-electron chi connectivity index (χ2n) is 4.57. The van der Waals surface area contributed by atoms with Gasteiger partial charge in [0.15, 0.2) is 6.10 Å². The van der Waals surface area contributed by atoms with Crippen LogP contribution in [0.5, 0.6) is 5.88 Å². The number of nitrogens with zero attached hydrogens (tertiary/aromatic N) is 2. The number of hydrogen-bond donors (Lipinski definition) is 1. The third-order valence-corrected chi connectivity index (χ3v) is 2.62. The Morgan fingerprint density at radius 1 is 1.16 bits per heavy atom. The minimum absolute atomic E-state index is 0.00348. The van der Waals surface area contributed by atoms with Crippen molar-refractivity contribution in [2.24, 2.45) is 0 Å². The van der Waals surface area contributed by atoms with Gasteiger partial charge in [-0.25, -0.2) is 4.98 Å². The van der Waals surface area contributed by atoms with Crippen LogP contribution in [0.15, 0.2) is 0 Å². The van der Waals surface area contributed by atoms with Gasteiger partial charge in [-0.15, -0.1) is 0 Å². The molecule has 1 heterocycles. The second kappa shape index (κ2) is 5.63. The Labute approximate surface area is 110 Å². The van der Waals surface area contributed by atoms with Crippen LogP contribution in [0.2, 0.25) is 0 Å². The number of halogens is 3. The van der Waals surface area contributed by atoms with E-state index < -0.39 is 12.3 Å². The summed E-state index contributed by atoms with van der Waals surface area (Å²) in [5.41, 5.74) is 0.461. The van der Waals surface area contributed by atoms with Crippen LogP contribution in [0.3, 0.4) is 0 Å². The van der Waals surface area contributed by atoms with Gasteiger partial charge in [-0.1, -0.05) is 13.8 Å². The Kier molecular flexibility index (Phi) is 4.60. The quantitative estimate of drug-likeness (QED) is 0.917. The molecule has 0 spiro atoms. The van der Waals surface area contributed by atoms with Crippen LogP contribution in [-0.2, 0) is 0 Å². The van der Waals surface area contributed by atoms with Crippen molar-refractivity contribution in [1.29, 1.82) is 0 Å². The zero-order valence-electron chi connectivity index (χ0n) is 11.6. The maximum Gasteiger partial charge on any atom is 0.425 e. The van der Waals surface area contributed by atoms with Crippen molar-refractivity contribution in [3.05, 3.63) is 11.4 Å². The van der Waals surface area contributed by atoms with Gasteiger partial charge in [0.2, 0.25) is 5.88 Å². The monoisotopic (exact) mass is 277 g/mol. The molecule has 108 valence electrons. The highest BCUT2D eigenvalue weighted by Crippen LogP contribution is 2.29. The maximum absolute atomic E-state index is 12.5. The van der Waals surface area contributed by atoms with E-state index in [4.69, 9.17) is 4.74 Å². The van der Waals surface area contributed by atoms with Gasteiger partial charge in [0, 0.05) is 13.0 Å². The molecular formula is C12H18F3N3O. The molecule has 0 aliphatic rings. The molecule has 0 aliphatic carbocycles. The van der Waals surface area contributed by atoms with Crippen LogP contribution in [0.1, 0.15) is 38.1 Å². The van der Waals surface area contributed by atoms with E-state index in [-0.39, 0.29) is 11.8 Å². The van der Waals surface area contributed by atoms with E-state index in [2.05, 4.69) is 15.3 Å². The number of ether oxygens (including phenoxy) is 1. The molecule has 4 nitrogen and oxygen atoms in total. The van der Waals surface area contributed by atoms with E-state index in [1.807, 2.05) is 13.8 Å². The van der Waals surface area contributed by atoms with Gasteiger partial charge < -0.3 is 10.1 Å². The number of nitrogens with one attached hydrogen (secondary N) is 1. The molecule has 7 heteroatoms. The van der Waals surface area contributed by atoms with Crippen molar-refractivity contribution >= 4 is 5.82 Å². The summed E-state index contributed by atoms with van der Waals surface area (Å²) in [6, 6.07) is 0. The summed E-state index contributed by atoms with van der Waals surface area (Å²) in [5.74, 6) is 0.881. The SMILES string of the molecule is CNc1nc(C(C)C)nc(OC(C)C(F)(F)F)c1C. The number of rotatable bonds is 4. The molecule has 0 amide bonds. The highest BCUT2D eigenvalue weighted by molar-refractivity contribution is 5.48. The summed E-state index contributed by atoms with van der Waals surface area (Å²) in [6.07, 6.45) is -6.33. The molecule has 1 rings (SSSR count). The molecule has 0 fully saturated rings. The van der Waals surface area contributed by atoms with E-state index in [1.165, 1.54) is 0 Å². The first-order valence-corrected chi connectivity index (χ1v) is 5.96. The fourth-order valence-electron chi connectivity index (χ4n) is 1.36. The van der Waals surface area contributed by atoms with E-state index in [1.54, 1.807) is 14.0 Å². The normalized spacial score (nSPS) is 13.5. The van der Waals surface area contributed by atoms with Crippen LogP contribution >= 0.6 is 0 Å². The molecule has 0 saturated heterocycles. The fraction of sp³-hybridized carbons (Fsp3) is 0.667. The largest absolute Gasteiger partial charge is 0.465 e. The fourth-order valence-corrected chi connectivity index (χ4v) is 1.36. The molecule has 1 N–H and O–H groups in total. The first-order chi connectivity index (χ1) is 8.66. The molecular weight excluding hydrogens is 259 g/mol. The lowest BCUT2D eigenvalue weighted by atomic mass is 10.2. The standard InChI is InChI=1S/C12H18F3N3O/c1-6(2)9-17-10(16-5)7(3)11(18-9)19-8(4)12(13,14)15/h6,8H,1-5H3,(H,16,17,18). The Bertz CT molecular complexity index is 447. The number of aromatic nitrogens is 2. The van der Waals surface area contributed by atoms with Gasteiger partial charge in [0.25, 0.3) is 0 Å². The first kappa shape index (κ1) is 15.5. The van der Waals surface area contributed by atoms with Crippen molar-refractivity contribution in [3.8, 4) is 5.88 Å². The molecule has 19 heavy (non-hydrogen) atoms. The van der Waals surface area contributed by atoms with Gasteiger partial charge in [-0.05, 0) is 13.8 Å². The average molecular weight is 277 g/mol. The zero-order valence-corrected chi connectivity index (χ0v) is 11.6. The summed E-state index contributed by atoms with van der Waals surface area (Å²) in [6.45, 7) is 6.30. The third-order valence-electron chi connectivity index (χ3n) is 2.62. The molecule has 0 bridgehead atoms. The van der Waals surface area contributed by atoms with E-state index in [0.29, 0.717) is 17.2 Å². The van der Waals surface area contributed by atoms with Gasteiger partial charge in [0.1, 0.15) is 11.6 Å². The van der Waals surface area contributed by atoms with Gasteiger partial charge in [-0.3, -0.25) is 0 Å². The van der Waals surface area contributed by atoms with Crippen LogP contribution in [0.25, 0.3) is 0 Å². The minimum atomic E-state index is -4.42. The predicted octanol–water partition coefficient (Wildman–Crippen LogP) is 3.28. The van der Waals surface area contributed by atoms with Crippen LogP contribution in [-0.4, -0.2) is 29.3 Å². The lowest BCUT2D eigenvalue weighted by Crippen LogP contribution is -2.32. The molecule has 0 saturated carbocycles. The summed E-state index contributed by atoms with van der Waals surface area (Å²) in [7, 11) is 1.65. The number of anilines is 1. The maximum atomic E-state index is 12.5. The lowest BCUT2D eigenvalue weighted by molar-refractivity contribution is -0.190. The predicted molar refractivity (Wildman–Crippen MR) is 66.5 cm³/mol. The summed E-state index contributed by atoms with van der Waals surface area (Å²) in [4.78, 5) is 8.30. The number of alkyl halides is 3. The summed E-state index contributed by atoms with van der Waals surface area (Å²) >= 11 is 0. The van der Waals surface area contributed by atoms with E-state index in [9.17, 15) is 13.2 Å². The summed E-state index contributed by atoms with van der Waals surface area (Å²) in [5, 5.41) is 2.83. The van der Waals surface area contributed by atoms with Crippen molar-refractivity contribution in [3.63, 3.8) is 0 Å². The Morgan fingerprint density at radius 3 is 2.16 bits per heavy atom. The molecule has 1 aromatic rings. The molecule has 0 aliphatic heterocycles. The van der Waals surface area contributed by atoms with Crippen LogP contribution in [0.4, 0.5) is 19.0 Å². The van der Waals surface area contributed by atoms with Crippen LogP contribution in [0, 0.1) is 6.92 Å². The zero-order chi connectivity index (χ0) is 14.8. The highest BCUT2D eigenvalue weighted by atomic mass is 19.4. The Hall–Kier alpha value is -1.53. The Balaban J connectivity index is 3.15. The number of hydrogen-bond acceptors (Lipinski definition) is 4. The highest BCUT2D eigenvalue weighted by Gasteiger charge is 2.38. The van der Waals surface area contributed by atoms with Crippen molar-refractivity contribution in [2.75, 3.05) is 12.4 Å². The Morgan fingerprint density at radius 2 is 1.74 bits per heavy atom. The molecule has 1 aromatic heterocycles. The topological polar surface area (TPSA) is 47.0 Å². The average Bonchev–Trinajstić information content (AvgIpc) is 2.30. The van der Waals surface area contributed by atoms with Crippen LogP contribution < -0.4 is 10.1 Å². The van der Waals surface area contributed by atoms with Gasteiger partial charge >= 0.3 is 6.18 Å². The third kappa shape index (κ3) is 3.71. The molecule has 1 unspecified atom stereocenters. The lowest BCUT2D eigenvalue weighted by Gasteiger charge is -2.20. The van der Waals surface area contributed by atoms with Crippen molar-refractivity contribution in [2.45, 2.75) is 45.9 Å². The second-order valence-corrected chi connectivity index (χ2v) is 4.57.